The second-order valence-corrected chi connectivity index (χ2v) is 8.36. The molecule has 33 heavy (non-hydrogen) atoms. The summed E-state index contributed by atoms with van der Waals surface area (Å²) in [6.45, 7) is 5.72. The van der Waals surface area contributed by atoms with Crippen LogP contribution >= 0.6 is 0 Å². The van der Waals surface area contributed by atoms with Crippen molar-refractivity contribution in [3.05, 3.63) is 23.3 Å². The molecular weight excluding hydrogens is 428 g/mol. The molecule has 8 heteroatoms. The van der Waals surface area contributed by atoms with Crippen molar-refractivity contribution >= 4 is 5.97 Å². The smallest absolute Gasteiger partial charge is 0.303 e. The van der Waals surface area contributed by atoms with Gasteiger partial charge >= 0.3 is 5.97 Å². The number of methoxy groups -OCH3 is 4. The Hall–Kier alpha value is -3.29. The van der Waals surface area contributed by atoms with E-state index in [9.17, 15) is 4.79 Å². The summed E-state index contributed by atoms with van der Waals surface area (Å²) in [4.78, 5) is 12.1. The highest BCUT2D eigenvalue weighted by Gasteiger charge is 2.39. The predicted octanol–water partition coefficient (Wildman–Crippen LogP) is 4.55. The highest BCUT2D eigenvalue weighted by atomic mass is 16.7. The highest BCUT2D eigenvalue weighted by molar-refractivity contribution is 5.89. The summed E-state index contributed by atoms with van der Waals surface area (Å²) in [7, 11) is 6.34. The zero-order valence-corrected chi connectivity index (χ0v) is 20.1. The van der Waals surface area contributed by atoms with Crippen LogP contribution < -0.4 is 28.4 Å². The van der Waals surface area contributed by atoms with Crippen LogP contribution in [0.5, 0.6) is 34.5 Å². The molecule has 4 rings (SSSR count). The van der Waals surface area contributed by atoms with E-state index in [1.807, 2.05) is 12.1 Å². The van der Waals surface area contributed by atoms with Crippen molar-refractivity contribution in [1.82, 2.24) is 0 Å². The van der Waals surface area contributed by atoms with Crippen molar-refractivity contribution in [3.63, 3.8) is 0 Å². The Morgan fingerprint density at radius 2 is 1.61 bits per heavy atom. The molecule has 2 aromatic carbocycles. The van der Waals surface area contributed by atoms with E-state index in [2.05, 4.69) is 13.8 Å². The Kier molecular flexibility index (Phi) is 6.19. The van der Waals surface area contributed by atoms with E-state index in [1.165, 1.54) is 6.92 Å². The van der Waals surface area contributed by atoms with Gasteiger partial charge in [-0.15, -0.1) is 0 Å². The van der Waals surface area contributed by atoms with Gasteiger partial charge in [0, 0.05) is 29.5 Å². The number of ether oxygens (including phenoxy) is 7. The predicted molar refractivity (Wildman–Crippen MR) is 121 cm³/mol. The topological polar surface area (TPSA) is 81.7 Å². The molecule has 1 aliphatic carbocycles. The van der Waals surface area contributed by atoms with E-state index in [4.69, 9.17) is 33.2 Å². The average molecular weight is 459 g/mol. The molecule has 1 heterocycles. The Bertz CT molecular complexity index is 1080. The number of hydrogen-bond donors (Lipinski definition) is 0. The fourth-order valence-electron chi connectivity index (χ4n) is 4.81. The summed E-state index contributed by atoms with van der Waals surface area (Å²) < 4.78 is 40.4. The lowest BCUT2D eigenvalue weighted by atomic mass is 9.76. The van der Waals surface area contributed by atoms with Crippen molar-refractivity contribution < 1.29 is 38.0 Å². The van der Waals surface area contributed by atoms with Crippen LogP contribution in [0.4, 0.5) is 0 Å². The van der Waals surface area contributed by atoms with E-state index in [1.54, 1.807) is 28.4 Å². The summed E-state index contributed by atoms with van der Waals surface area (Å²) in [6, 6.07) is 3.85. The molecule has 3 atom stereocenters. The molecule has 0 bridgehead atoms. The molecule has 8 nitrogen and oxygen atoms in total. The minimum absolute atomic E-state index is 0.00460. The molecule has 0 saturated heterocycles. The fourth-order valence-corrected chi connectivity index (χ4v) is 4.81. The molecule has 0 unspecified atom stereocenters. The van der Waals surface area contributed by atoms with Gasteiger partial charge in [0.2, 0.25) is 18.3 Å². The van der Waals surface area contributed by atoms with Crippen LogP contribution in [0.2, 0.25) is 0 Å². The van der Waals surface area contributed by atoms with Gasteiger partial charge in [-0.3, -0.25) is 4.79 Å². The minimum atomic E-state index is -0.526. The molecular formula is C25H30O8. The number of esters is 1. The number of rotatable bonds is 5. The van der Waals surface area contributed by atoms with Crippen LogP contribution in [0.15, 0.2) is 12.1 Å². The van der Waals surface area contributed by atoms with Crippen molar-refractivity contribution in [2.75, 3.05) is 35.2 Å². The van der Waals surface area contributed by atoms with Gasteiger partial charge in [0.05, 0.1) is 28.4 Å². The maximum Gasteiger partial charge on any atom is 0.303 e. The van der Waals surface area contributed by atoms with Gasteiger partial charge in [0.15, 0.2) is 23.0 Å². The van der Waals surface area contributed by atoms with Gasteiger partial charge in [-0.25, -0.2) is 0 Å². The number of benzene rings is 2. The molecule has 0 radical (unpaired) electrons. The normalized spacial score (nSPS) is 20.6. The second-order valence-electron chi connectivity index (χ2n) is 8.36. The molecule has 2 aromatic rings. The molecule has 0 saturated carbocycles. The summed E-state index contributed by atoms with van der Waals surface area (Å²) in [6.07, 6.45) is 0.170. The lowest BCUT2D eigenvalue weighted by Crippen LogP contribution is -2.26. The van der Waals surface area contributed by atoms with Gasteiger partial charge in [0.25, 0.3) is 0 Å². The maximum atomic E-state index is 12.1. The largest absolute Gasteiger partial charge is 0.493 e. The Morgan fingerprint density at radius 1 is 0.909 bits per heavy atom. The molecule has 0 aromatic heterocycles. The van der Waals surface area contributed by atoms with E-state index < -0.39 is 6.10 Å². The van der Waals surface area contributed by atoms with Gasteiger partial charge in [0.1, 0.15) is 6.10 Å². The van der Waals surface area contributed by atoms with E-state index >= 15 is 0 Å². The zero-order chi connectivity index (χ0) is 23.9. The summed E-state index contributed by atoms with van der Waals surface area (Å²) >= 11 is 0. The quantitative estimate of drug-likeness (QED) is 0.604. The number of carbonyl (C=O) groups excluding carboxylic acids is 1. The molecule has 2 aliphatic rings. The van der Waals surface area contributed by atoms with Crippen molar-refractivity contribution in [2.45, 2.75) is 33.3 Å². The van der Waals surface area contributed by atoms with Crippen LogP contribution in [0.3, 0.4) is 0 Å². The first-order valence-corrected chi connectivity index (χ1v) is 10.9. The monoisotopic (exact) mass is 458 g/mol. The molecule has 0 spiro atoms. The minimum Gasteiger partial charge on any atom is -0.493 e. The number of hydrogen-bond acceptors (Lipinski definition) is 8. The van der Waals surface area contributed by atoms with Gasteiger partial charge in [-0.05, 0) is 30.0 Å². The summed E-state index contributed by atoms with van der Waals surface area (Å²) in [5.74, 6) is 2.90. The van der Waals surface area contributed by atoms with Crippen LogP contribution in [0, 0.1) is 11.8 Å². The first-order chi connectivity index (χ1) is 15.9. The van der Waals surface area contributed by atoms with Crippen LogP contribution in [0.25, 0.3) is 11.1 Å². The van der Waals surface area contributed by atoms with Crippen LogP contribution in [-0.2, 0) is 16.0 Å². The van der Waals surface area contributed by atoms with Crippen molar-refractivity contribution in [2.24, 2.45) is 11.8 Å². The Morgan fingerprint density at radius 3 is 2.21 bits per heavy atom. The Labute approximate surface area is 193 Å². The van der Waals surface area contributed by atoms with Gasteiger partial charge in [-0.2, -0.15) is 0 Å². The lowest BCUT2D eigenvalue weighted by molar-refractivity contribution is -0.150. The third-order valence-electron chi connectivity index (χ3n) is 6.53. The SMILES string of the molecule is COc1cc2c(c(OC)c1OC)-c1c(cc3c(c1OC)OCO3)[C@H](OC(C)=O)[C@H](C)[C@@H](C)C2. The number of carbonyl (C=O) groups is 1. The third-order valence-corrected chi connectivity index (χ3v) is 6.53. The van der Waals surface area contributed by atoms with Crippen LogP contribution in [-0.4, -0.2) is 41.2 Å². The third kappa shape index (κ3) is 3.67. The van der Waals surface area contributed by atoms with Crippen LogP contribution in [0.1, 0.15) is 38.0 Å². The standard InChI is InChI=1S/C25H30O8/c1-12-8-15-9-17(27-4)22(28-5)24(29-6)19(15)20-16(21(13(12)2)33-14(3)26)10-18-23(25(20)30-7)32-11-31-18/h9-10,12-13,21H,8,11H2,1-7H3/t12-,13+,21+/m0/s1. The van der Waals surface area contributed by atoms with E-state index in [0.717, 1.165) is 22.3 Å². The van der Waals surface area contributed by atoms with Crippen molar-refractivity contribution in [3.8, 4) is 45.6 Å². The number of fused-ring (bicyclic) bond motifs is 4. The fraction of sp³-hybridized carbons (Fsp3) is 0.480. The molecule has 1 aliphatic heterocycles. The van der Waals surface area contributed by atoms with Gasteiger partial charge in [-0.1, -0.05) is 13.8 Å². The zero-order valence-electron chi connectivity index (χ0n) is 20.1. The lowest BCUT2D eigenvalue weighted by Gasteiger charge is -2.35. The van der Waals surface area contributed by atoms with E-state index in [0.29, 0.717) is 40.9 Å². The average Bonchev–Trinajstić information content (AvgIpc) is 3.27. The Balaban J connectivity index is 2.16. The molecule has 0 N–H and O–H groups in total. The molecule has 0 amide bonds. The highest BCUT2D eigenvalue weighted by Crippen LogP contribution is 2.58. The maximum absolute atomic E-state index is 12.1. The first-order valence-electron chi connectivity index (χ1n) is 10.9. The van der Waals surface area contributed by atoms with Crippen molar-refractivity contribution in [1.29, 1.82) is 0 Å². The summed E-state index contributed by atoms with van der Waals surface area (Å²) in [5, 5.41) is 0. The summed E-state index contributed by atoms with van der Waals surface area (Å²) in [5.41, 5.74) is 3.27. The van der Waals surface area contributed by atoms with E-state index in [-0.39, 0.29) is 24.6 Å². The second kappa shape index (κ2) is 8.92. The molecule has 178 valence electrons. The molecule has 0 fully saturated rings. The van der Waals surface area contributed by atoms with Gasteiger partial charge < -0.3 is 33.2 Å². The first kappa shape index (κ1) is 22.9.